The Labute approximate surface area is 159 Å². The summed E-state index contributed by atoms with van der Waals surface area (Å²) < 4.78 is 44.3. The van der Waals surface area contributed by atoms with Crippen molar-refractivity contribution in [3.05, 3.63) is 59.7 Å². The van der Waals surface area contributed by atoms with Crippen molar-refractivity contribution in [2.24, 2.45) is 0 Å². The van der Waals surface area contributed by atoms with Gasteiger partial charge in [0.2, 0.25) is 0 Å². The molecule has 0 spiro atoms. The summed E-state index contributed by atoms with van der Waals surface area (Å²) in [5.74, 6) is -0.947. The molecular weight excluding hydrogens is 375 g/mol. The highest BCUT2D eigenvalue weighted by Gasteiger charge is 2.33. The van der Waals surface area contributed by atoms with E-state index in [0.29, 0.717) is 18.7 Å². The predicted molar refractivity (Wildman–Crippen MR) is 96.6 cm³/mol. The highest BCUT2D eigenvalue weighted by atomic mass is 19.4. The van der Waals surface area contributed by atoms with Crippen LogP contribution in [0.2, 0.25) is 0 Å². The largest absolute Gasteiger partial charge is 0.418 e. The number of hydrogen-bond donors (Lipinski definition) is 3. The second-order valence-electron chi connectivity index (χ2n) is 6.19. The second-order valence-corrected chi connectivity index (χ2v) is 6.19. The van der Waals surface area contributed by atoms with Gasteiger partial charge in [-0.25, -0.2) is 0 Å². The van der Waals surface area contributed by atoms with E-state index in [4.69, 9.17) is 4.74 Å². The van der Waals surface area contributed by atoms with Gasteiger partial charge in [-0.05, 0) is 43.2 Å². The number of anilines is 2. The Morgan fingerprint density at radius 1 is 1.07 bits per heavy atom. The number of hydrogen-bond acceptors (Lipinski definition) is 4. The van der Waals surface area contributed by atoms with Gasteiger partial charge in [0.1, 0.15) is 6.10 Å². The van der Waals surface area contributed by atoms with E-state index in [1.165, 1.54) is 30.3 Å². The number of carbonyl (C=O) groups is 2. The van der Waals surface area contributed by atoms with Crippen molar-refractivity contribution in [1.82, 2.24) is 5.43 Å². The van der Waals surface area contributed by atoms with E-state index in [2.05, 4.69) is 16.2 Å². The molecule has 1 fully saturated rings. The fourth-order valence-corrected chi connectivity index (χ4v) is 2.78. The number of halogens is 3. The minimum atomic E-state index is -4.55. The minimum absolute atomic E-state index is 0.169. The Morgan fingerprint density at radius 2 is 1.86 bits per heavy atom. The molecule has 1 heterocycles. The van der Waals surface area contributed by atoms with Crippen molar-refractivity contribution in [3.8, 4) is 0 Å². The molecule has 28 heavy (non-hydrogen) atoms. The van der Waals surface area contributed by atoms with Crippen molar-refractivity contribution in [1.29, 1.82) is 0 Å². The van der Waals surface area contributed by atoms with Gasteiger partial charge in [-0.2, -0.15) is 13.2 Å². The number of hydrazine groups is 1. The molecule has 0 bridgehead atoms. The Balaban J connectivity index is 1.65. The van der Waals surface area contributed by atoms with Gasteiger partial charge in [0.05, 0.1) is 11.3 Å². The molecular formula is C19H18F3N3O3. The first-order chi connectivity index (χ1) is 13.3. The van der Waals surface area contributed by atoms with Gasteiger partial charge in [-0.15, -0.1) is 0 Å². The van der Waals surface area contributed by atoms with Crippen LogP contribution in [0.4, 0.5) is 24.5 Å². The maximum absolute atomic E-state index is 13.0. The fourth-order valence-electron chi connectivity index (χ4n) is 2.78. The Kier molecular flexibility index (Phi) is 5.84. The number of alkyl halides is 3. The van der Waals surface area contributed by atoms with Crippen LogP contribution in [0.1, 0.15) is 28.8 Å². The zero-order valence-corrected chi connectivity index (χ0v) is 14.7. The number of benzene rings is 2. The lowest BCUT2D eigenvalue weighted by Crippen LogP contribution is -2.31. The first kappa shape index (κ1) is 19.7. The standard InChI is InChI=1S/C19H18F3N3O3/c20-19(21,22)14-7-1-2-8-15(14)24-25-17(26)12-5-3-6-13(11-12)23-18(27)16-9-4-10-28-16/h1-3,5-8,11,16,24H,4,9-10H2,(H,23,27)(H,25,26)/t16-/m0/s1. The van der Waals surface area contributed by atoms with Crippen molar-refractivity contribution in [2.45, 2.75) is 25.1 Å². The third kappa shape index (κ3) is 4.80. The Morgan fingerprint density at radius 3 is 2.57 bits per heavy atom. The summed E-state index contributed by atoms with van der Waals surface area (Å²) >= 11 is 0. The third-order valence-electron chi connectivity index (χ3n) is 4.16. The fraction of sp³-hybridized carbons (Fsp3) is 0.263. The lowest BCUT2D eigenvalue weighted by Gasteiger charge is -2.15. The summed E-state index contributed by atoms with van der Waals surface area (Å²) in [4.78, 5) is 24.4. The van der Waals surface area contributed by atoms with Crippen molar-refractivity contribution in [2.75, 3.05) is 17.3 Å². The van der Waals surface area contributed by atoms with Crippen LogP contribution in [0.15, 0.2) is 48.5 Å². The monoisotopic (exact) mass is 393 g/mol. The number of carbonyl (C=O) groups excluding carboxylic acids is 2. The van der Waals surface area contributed by atoms with Crippen LogP contribution in [0.5, 0.6) is 0 Å². The maximum atomic E-state index is 13.0. The first-order valence-corrected chi connectivity index (χ1v) is 8.60. The lowest BCUT2D eigenvalue weighted by atomic mass is 10.1. The molecule has 3 rings (SSSR count). The van der Waals surface area contributed by atoms with E-state index < -0.39 is 23.8 Å². The van der Waals surface area contributed by atoms with Crippen molar-refractivity contribution >= 4 is 23.2 Å². The van der Waals surface area contributed by atoms with Crippen LogP contribution in [-0.2, 0) is 15.7 Å². The smallest absolute Gasteiger partial charge is 0.368 e. The van der Waals surface area contributed by atoms with Gasteiger partial charge in [0.25, 0.3) is 11.8 Å². The molecule has 6 nitrogen and oxygen atoms in total. The molecule has 1 aliphatic rings. The molecule has 148 valence electrons. The van der Waals surface area contributed by atoms with Crippen LogP contribution < -0.4 is 16.2 Å². The molecule has 0 unspecified atom stereocenters. The first-order valence-electron chi connectivity index (χ1n) is 8.60. The molecule has 0 aromatic heterocycles. The van der Waals surface area contributed by atoms with E-state index >= 15 is 0 Å². The summed E-state index contributed by atoms with van der Waals surface area (Å²) in [5.41, 5.74) is 3.93. The van der Waals surface area contributed by atoms with Gasteiger partial charge < -0.3 is 10.1 Å². The molecule has 9 heteroatoms. The second kappa shape index (κ2) is 8.30. The molecule has 2 aromatic carbocycles. The van der Waals surface area contributed by atoms with Gasteiger partial charge in [-0.3, -0.25) is 20.4 Å². The summed E-state index contributed by atoms with van der Waals surface area (Å²) in [7, 11) is 0. The van der Waals surface area contributed by atoms with Crippen LogP contribution in [-0.4, -0.2) is 24.5 Å². The molecule has 0 aliphatic carbocycles. The third-order valence-corrected chi connectivity index (χ3v) is 4.16. The Bertz CT molecular complexity index is 865. The minimum Gasteiger partial charge on any atom is -0.368 e. The van der Waals surface area contributed by atoms with Crippen LogP contribution >= 0.6 is 0 Å². The average Bonchev–Trinajstić information content (AvgIpc) is 3.21. The SMILES string of the molecule is O=C(NNc1ccccc1C(F)(F)F)c1cccc(NC(=O)[C@@H]2CCCO2)c1. The van der Waals surface area contributed by atoms with Gasteiger partial charge in [-0.1, -0.05) is 18.2 Å². The summed E-state index contributed by atoms with van der Waals surface area (Å²) in [6, 6.07) is 10.9. The van der Waals surface area contributed by atoms with Gasteiger partial charge >= 0.3 is 6.18 Å². The lowest BCUT2D eigenvalue weighted by molar-refractivity contribution is -0.137. The highest BCUT2D eigenvalue weighted by molar-refractivity contribution is 5.98. The number of nitrogens with one attached hydrogen (secondary N) is 3. The highest BCUT2D eigenvalue weighted by Crippen LogP contribution is 2.34. The molecule has 1 atom stereocenters. The van der Waals surface area contributed by atoms with E-state index in [1.54, 1.807) is 12.1 Å². The Hall–Kier alpha value is -3.07. The molecule has 1 saturated heterocycles. The zero-order valence-electron chi connectivity index (χ0n) is 14.7. The van der Waals surface area contributed by atoms with E-state index in [-0.39, 0.29) is 17.2 Å². The van der Waals surface area contributed by atoms with E-state index in [9.17, 15) is 22.8 Å². The quantitative estimate of drug-likeness (QED) is 0.679. The molecule has 3 N–H and O–H groups in total. The van der Waals surface area contributed by atoms with Crippen LogP contribution in [0.3, 0.4) is 0 Å². The number of ether oxygens (including phenoxy) is 1. The van der Waals surface area contributed by atoms with Crippen LogP contribution in [0.25, 0.3) is 0 Å². The molecule has 1 aliphatic heterocycles. The topological polar surface area (TPSA) is 79.5 Å². The molecule has 0 saturated carbocycles. The van der Waals surface area contributed by atoms with Crippen LogP contribution in [0, 0.1) is 0 Å². The van der Waals surface area contributed by atoms with E-state index in [1.807, 2.05) is 0 Å². The van der Waals surface area contributed by atoms with Gasteiger partial charge in [0, 0.05) is 17.9 Å². The number of para-hydroxylation sites is 1. The average molecular weight is 393 g/mol. The molecule has 0 radical (unpaired) electrons. The van der Waals surface area contributed by atoms with E-state index in [0.717, 1.165) is 12.5 Å². The number of amides is 2. The molecule has 2 aromatic rings. The summed E-state index contributed by atoms with van der Waals surface area (Å²) in [5, 5.41) is 2.67. The van der Waals surface area contributed by atoms with Crippen molar-refractivity contribution < 1.29 is 27.5 Å². The summed E-state index contributed by atoms with van der Waals surface area (Å²) in [6.45, 7) is 0.533. The number of rotatable bonds is 5. The predicted octanol–water partition coefficient (Wildman–Crippen LogP) is 3.58. The van der Waals surface area contributed by atoms with Crippen molar-refractivity contribution in [3.63, 3.8) is 0 Å². The van der Waals surface area contributed by atoms with Gasteiger partial charge in [0.15, 0.2) is 0 Å². The summed E-state index contributed by atoms with van der Waals surface area (Å²) in [6.07, 6.45) is -3.63. The maximum Gasteiger partial charge on any atom is 0.418 e. The molecule has 2 amide bonds. The zero-order chi connectivity index (χ0) is 20.1. The normalized spacial score (nSPS) is 16.5.